The number of rotatable bonds is 6. The number of hydrogen-bond donors (Lipinski definition) is 1. The van der Waals surface area contributed by atoms with Crippen molar-refractivity contribution in [3.8, 4) is 10.4 Å². The fourth-order valence-corrected chi connectivity index (χ4v) is 3.82. The van der Waals surface area contributed by atoms with Crippen LogP contribution in [-0.2, 0) is 16.1 Å². The minimum atomic E-state index is -0.176. The van der Waals surface area contributed by atoms with Crippen LogP contribution in [0.3, 0.4) is 0 Å². The van der Waals surface area contributed by atoms with Gasteiger partial charge >= 0.3 is 0 Å². The summed E-state index contributed by atoms with van der Waals surface area (Å²) in [5.41, 5.74) is 3.90. The molecule has 0 bridgehead atoms. The van der Waals surface area contributed by atoms with E-state index in [1.165, 1.54) is 23.2 Å². The summed E-state index contributed by atoms with van der Waals surface area (Å²) in [6.45, 7) is 4.41. The first kappa shape index (κ1) is 19.4. The molecule has 0 spiro atoms. The van der Waals surface area contributed by atoms with Gasteiger partial charge < -0.3 is 10.1 Å². The molecule has 0 saturated carbocycles. The van der Waals surface area contributed by atoms with Crippen LogP contribution in [0.15, 0.2) is 61.1 Å². The molecule has 7 heteroatoms. The van der Waals surface area contributed by atoms with Gasteiger partial charge in [-0.25, -0.2) is 4.37 Å². The van der Waals surface area contributed by atoms with E-state index in [-0.39, 0.29) is 5.91 Å². The maximum absolute atomic E-state index is 12.3. The number of morpholine rings is 1. The number of carbonyl (C=O) groups is 1. The van der Waals surface area contributed by atoms with E-state index >= 15 is 0 Å². The van der Waals surface area contributed by atoms with Crippen LogP contribution >= 0.6 is 11.5 Å². The highest BCUT2D eigenvalue weighted by molar-refractivity contribution is 7.09. The van der Waals surface area contributed by atoms with E-state index in [0.29, 0.717) is 0 Å². The number of benzene rings is 1. The summed E-state index contributed by atoms with van der Waals surface area (Å²) in [5.74, 6) is -0.176. The first-order valence-electron chi connectivity index (χ1n) is 9.51. The molecule has 3 heterocycles. The minimum Gasteiger partial charge on any atom is -0.379 e. The normalized spacial score (nSPS) is 14.9. The number of amides is 1. The monoisotopic (exact) mass is 406 g/mol. The zero-order chi connectivity index (χ0) is 19.9. The number of nitrogens with zero attached hydrogens (tertiary/aromatic N) is 3. The number of hydrogen-bond acceptors (Lipinski definition) is 6. The van der Waals surface area contributed by atoms with E-state index < -0.39 is 0 Å². The van der Waals surface area contributed by atoms with E-state index in [4.69, 9.17) is 4.74 Å². The van der Waals surface area contributed by atoms with Crippen LogP contribution in [0.4, 0.5) is 5.69 Å². The summed E-state index contributed by atoms with van der Waals surface area (Å²) in [5, 5.41) is 2.91. The fourth-order valence-electron chi connectivity index (χ4n) is 3.18. The molecule has 1 aliphatic heterocycles. The van der Waals surface area contributed by atoms with Gasteiger partial charge in [0.2, 0.25) is 5.91 Å². The van der Waals surface area contributed by atoms with Crippen LogP contribution in [0.1, 0.15) is 11.1 Å². The van der Waals surface area contributed by atoms with E-state index in [1.807, 2.05) is 24.3 Å². The Kier molecular flexibility index (Phi) is 6.41. The average molecular weight is 407 g/mol. The van der Waals surface area contributed by atoms with Crippen molar-refractivity contribution < 1.29 is 9.53 Å². The third kappa shape index (κ3) is 5.35. The van der Waals surface area contributed by atoms with Crippen molar-refractivity contribution >= 4 is 29.2 Å². The number of pyridine rings is 1. The Bertz CT molecular complexity index is 965. The van der Waals surface area contributed by atoms with E-state index in [0.717, 1.165) is 54.5 Å². The maximum atomic E-state index is 12.3. The molecule has 1 aliphatic rings. The zero-order valence-electron chi connectivity index (χ0n) is 16.0. The summed E-state index contributed by atoms with van der Waals surface area (Å²) in [6.07, 6.45) is 8.57. The molecule has 0 radical (unpaired) electrons. The van der Waals surface area contributed by atoms with Gasteiger partial charge in [-0.1, -0.05) is 12.1 Å². The van der Waals surface area contributed by atoms with Crippen LogP contribution in [0, 0.1) is 0 Å². The lowest BCUT2D eigenvalue weighted by Gasteiger charge is -2.26. The molecule has 1 aromatic carbocycles. The Morgan fingerprint density at radius 2 is 1.97 bits per heavy atom. The lowest BCUT2D eigenvalue weighted by Crippen LogP contribution is -2.35. The molecule has 1 amide bonds. The second-order valence-electron chi connectivity index (χ2n) is 6.75. The third-order valence-corrected chi connectivity index (χ3v) is 5.48. The molecular weight excluding hydrogens is 384 g/mol. The van der Waals surface area contributed by atoms with Gasteiger partial charge in [0.25, 0.3) is 0 Å². The number of aromatic nitrogens is 2. The molecule has 0 unspecified atom stereocenters. The Morgan fingerprint density at radius 1 is 1.14 bits per heavy atom. The Hall–Kier alpha value is -2.87. The summed E-state index contributed by atoms with van der Waals surface area (Å²) < 4.78 is 9.52. The molecule has 0 atom stereocenters. The quantitative estimate of drug-likeness (QED) is 0.633. The molecule has 1 saturated heterocycles. The van der Waals surface area contributed by atoms with E-state index in [9.17, 15) is 4.79 Å². The summed E-state index contributed by atoms with van der Waals surface area (Å²) in [7, 11) is 0. The molecule has 148 valence electrons. The number of ether oxygens (including phenoxy) is 1. The molecule has 0 aliphatic carbocycles. The smallest absolute Gasteiger partial charge is 0.248 e. The largest absolute Gasteiger partial charge is 0.379 e. The first-order valence-corrected chi connectivity index (χ1v) is 10.3. The molecule has 29 heavy (non-hydrogen) atoms. The lowest BCUT2D eigenvalue weighted by atomic mass is 10.1. The van der Waals surface area contributed by atoms with Crippen molar-refractivity contribution in [3.63, 3.8) is 0 Å². The highest BCUT2D eigenvalue weighted by atomic mass is 32.1. The van der Waals surface area contributed by atoms with E-state index in [1.54, 1.807) is 24.7 Å². The van der Waals surface area contributed by atoms with Crippen LogP contribution < -0.4 is 5.32 Å². The van der Waals surface area contributed by atoms with Gasteiger partial charge in [-0.05, 0) is 47.4 Å². The maximum Gasteiger partial charge on any atom is 0.248 e. The van der Waals surface area contributed by atoms with Gasteiger partial charge in [-0.15, -0.1) is 0 Å². The van der Waals surface area contributed by atoms with Gasteiger partial charge in [-0.3, -0.25) is 14.7 Å². The molecule has 1 N–H and O–H groups in total. The summed E-state index contributed by atoms with van der Waals surface area (Å²) in [4.78, 5) is 19.9. The third-order valence-electron chi connectivity index (χ3n) is 4.70. The average Bonchev–Trinajstić information content (AvgIpc) is 3.29. The Labute approximate surface area is 174 Å². The Morgan fingerprint density at radius 3 is 2.72 bits per heavy atom. The molecule has 1 fully saturated rings. The molecular formula is C22H22N4O2S. The summed E-state index contributed by atoms with van der Waals surface area (Å²) in [6, 6.07) is 11.9. The predicted octanol–water partition coefficient (Wildman–Crippen LogP) is 3.69. The van der Waals surface area contributed by atoms with Crippen LogP contribution in [0.5, 0.6) is 0 Å². The van der Waals surface area contributed by atoms with Gasteiger partial charge in [0.1, 0.15) is 0 Å². The van der Waals surface area contributed by atoms with E-state index in [2.05, 4.69) is 31.7 Å². The van der Waals surface area contributed by atoms with Crippen molar-refractivity contribution in [2.45, 2.75) is 6.54 Å². The molecule has 4 rings (SSSR count). The van der Waals surface area contributed by atoms with Crippen molar-refractivity contribution in [1.29, 1.82) is 0 Å². The minimum absolute atomic E-state index is 0.176. The fraction of sp³-hybridized carbons (Fsp3) is 0.227. The molecule has 6 nitrogen and oxygen atoms in total. The molecule has 3 aromatic rings. The van der Waals surface area contributed by atoms with Crippen LogP contribution in [0.2, 0.25) is 0 Å². The second-order valence-corrected chi connectivity index (χ2v) is 7.58. The number of anilines is 1. The van der Waals surface area contributed by atoms with Crippen molar-refractivity contribution in [1.82, 2.24) is 14.3 Å². The zero-order valence-corrected chi connectivity index (χ0v) is 16.8. The van der Waals surface area contributed by atoms with Crippen LogP contribution in [-0.4, -0.2) is 46.5 Å². The Balaban J connectivity index is 1.36. The van der Waals surface area contributed by atoms with Gasteiger partial charge in [0.05, 0.1) is 18.1 Å². The first-order chi connectivity index (χ1) is 14.3. The van der Waals surface area contributed by atoms with Crippen LogP contribution in [0.25, 0.3) is 16.5 Å². The van der Waals surface area contributed by atoms with Crippen molar-refractivity contribution in [3.05, 3.63) is 72.2 Å². The lowest BCUT2D eigenvalue weighted by molar-refractivity contribution is -0.111. The number of nitrogens with one attached hydrogen (secondary N) is 1. The standard InChI is InChI=1S/C22H22N4O2S/c27-22(6-3-18-15-23-9-7-20(18)21-8-10-24-29-21)25-19-4-1-17(2-5-19)16-26-11-13-28-14-12-26/h1-10,15H,11-14,16H2,(H,25,27)/b6-3+. The van der Waals surface area contributed by atoms with Gasteiger partial charge in [0.15, 0.2) is 0 Å². The highest BCUT2D eigenvalue weighted by Gasteiger charge is 2.10. The topological polar surface area (TPSA) is 67.4 Å². The van der Waals surface area contributed by atoms with Gasteiger partial charge in [0, 0.05) is 61.1 Å². The highest BCUT2D eigenvalue weighted by Crippen LogP contribution is 2.26. The number of carbonyl (C=O) groups excluding carboxylic acids is 1. The molecule has 2 aromatic heterocycles. The summed E-state index contributed by atoms with van der Waals surface area (Å²) >= 11 is 1.42. The van der Waals surface area contributed by atoms with Crippen molar-refractivity contribution in [2.24, 2.45) is 0 Å². The SMILES string of the molecule is O=C(/C=C/c1cnccc1-c1ccns1)Nc1ccc(CN2CCOCC2)cc1. The van der Waals surface area contributed by atoms with Crippen molar-refractivity contribution in [2.75, 3.05) is 31.6 Å². The van der Waals surface area contributed by atoms with Gasteiger partial charge in [-0.2, -0.15) is 0 Å². The predicted molar refractivity (Wildman–Crippen MR) is 116 cm³/mol. The second kappa shape index (κ2) is 9.56.